The van der Waals surface area contributed by atoms with Gasteiger partial charge in [0.25, 0.3) is 5.56 Å². The van der Waals surface area contributed by atoms with Gasteiger partial charge in [-0.3, -0.25) is 19.0 Å². The maximum absolute atomic E-state index is 13.0. The van der Waals surface area contributed by atoms with E-state index < -0.39 is 6.04 Å². The Morgan fingerprint density at radius 2 is 1.93 bits per heavy atom. The molecule has 0 fully saturated rings. The zero-order valence-electron chi connectivity index (χ0n) is 17.2. The highest BCUT2D eigenvalue weighted by molar-refractivity contribution is 7.99. The van der Waals surface area contributed by atoms with Gasteiger partial charge in [0.2, 0.25) is 11.8 Å². The first-order valence-electron chi connectivity index (χ1n) is 9.39. The van der Waals surface area contributed by atoms with Crippen molar-refractivity contribution < 1.29 is 9.59 Å². The normalized spacial score (nSPS) is 12.4. The molecular weight excluding hydrogens is 396 g/mol. The molecule has 0 aromatic carbocycles. The Bertz CT molecular complexity index is 933. The summed E-state index contributed by atoms with van der Waals surface area (Å²) in [5.41, 5.74) is 0.894. The summed E-state index contributed by atoms with van der Waals surface area (Å²) in [6.45, 7) is 12.0. The van der Waals surface area contributed by atoms with E-state index in [1.54, 1.807) is 11.5 Å². The van der Waals surface area contributed by atoms with Gasteiger partial charge in [-0.05, 0) is 46.6 Å². The van der Waals surface area contributed by atoms with Crippen molar-refractivity contribution in [1.82, 2.24) is 20.2 Å². The first kappa shape index (κ1) is 22.4. The van der Waals surface area contributed by atoms with Crippen LogP contribution in [0.4, 0.5) is 0 Å². The topological polar surface area (TPSA) is 93.1 Å². The molecule has 2 aromatic heterocycles. The maximum atomic E-state index is 13.0. The second kappa shape index (κ2) is 9.56. The van der Waals surface area contributed by atoms with Gasteiger partial charge in [-0.25, -0.2) is 4.98 Å². The van der Waals surface area contributed by atoms with E-state index in [4.69, 9.17) is 0 Å². The minimum absolute atomic E-state index is 0.0722. The van der Waals surface area contributed by atoms with Gasteiger partial charge < -0.3 is 10.6 Å². The average Bonchev–Trinajstić information content (AvgIpc) is 2.91. The fourth-order valence-electron chi connectivity index (χ4n) is 2.72. The number of fused-ring (bicyclic) bond motifs is 1. The molecule has 154 valence electrons. The van der Waals surface area contributed by atoms with Gasteiger partial charge in [0.15, 0.2) is 5.16 Å². The van der Waals surface area contributed by atoms with E-state index in [1.807, 2.05) is 34.6 Å². The Morgan fingerprint density at radius 1 is 1.25 bits per heavy atom. The van der Waals surface area contributed by atoms with Crippen LogP contribution in [0.1, 0.15) is 50.6 Å². The molecule has 9 heteroatoms. The number of rotatable bonds is 8. The standard InChI is InChI=1S/C19H28N4O3S2/c1-7-8-20-16(25)12(5)21-14(24)9-27-19-22-17-15(11(4)13(6)28-17)18(26)23(19)10(2)3/h10,12H,7-9H2,1-6H3,(H,20,25)(H,21,24)/t12-/m1/s1. The number of nitrogens with one attached hydrogen (secondary N) is 2. The third-order valence-electron chi connectivity index (χ3n) is 4.37. The number of hydrogen-bond acceptors (Lipinski definition) is 6. The Kier molecular flexibility index (Phi) is 7.65. The zero-order valence-corrected chi connectivity index (χ0v) is 18.8. The van der Waals surface area contributed by atoms with E-state index >= 15 is 0 Å². The van der Waals surface area contributed by atoms with Gasteiger partial charge >= 0.3 is 0 Å². The molecule has 0 aliphatic rings. The summed E-state index contributed by atoms with van der Waals surface area (Å²) in [6.07, 6.45) is 0.838. The van der Waals surface area contributed by atoms with Crippen LogP contribution < -0.4 is 16.2 Å². The fourth-order valence-corrected chi connectivity index (χ4v) is 4.73. The summed E-state index contributed by atoms with van der Waals surface area (Å²) in [5.74, 6) is -0.393. The van der Waals surface area contributed by atoms with Crippen LogP contribution in [-0.4, -0.2) is 39.7 Å². The predicted molar refractivity (Wildman–Crippen MR) is 115 cm³/mol. The Morgan fingerprint density at radius 3 is 2.54 bits per heavy atom. The maximum Gasteiger partial charge on any atom is 0.263 e. The molecule has 0 unspecified atom stereocenters. The van der Waals surface area contributed by atoms with Crippen LogP contribution in [0.25, 0.3) is 10.2 Å². The van der Waals surface area contributed by atoms with Gasteiger partial charge in [0, 0.05) is 17.5 Å². The van der Waals surface area contributed by atoms with Crippen LogP contribution in [0, 0.1) is 13.8 Å². The average molecular weight is 425 g/mol. The van der Waals surface area contributed by atoms with Crippen molar-refractivity contribution in [3.8, 4) is 0 Å². The van der Waals surface area contributed by atoms with Crippen LogP contribution in [0.3, 0.4) is 0 Å². The summed E-state index contributed by atoms with van der Waals surface area (Å²) in [5, 5.41) is 6.62. The lowest BCUT2D eigenvalue weighted by molar-refractivity contribution is -0.127. The fraction of sp³-hybridized carbons (Fsp3) is 0.579. The first-order chi connectivity index (χ1) is 13.2. The second-order valence-corrected chi connectivity index (χ2v) is 9.14. The van der Waals surface area contributed by atoms with E-state index in [0.29, 0.717) is 21.9 Å². The zero-order chi connectivity index (χ0) is 21.0. The number of carbonyl (C=O) groups excluding carboxylic acids is 2. The minimum atomic E-state index is -0.607. The highest BCUT2D eigenvalue weighted by Gasteiger charge is 2.20. The quantitative estimate of drug-likeness (QED) is 0.502. The van der Waals surface area contributed by atoms with Crippen molar-refractivity contribution in [2.24, 2.45) is 0 Å². The Labute approximate surface area is 173 Å². The molecule has 2 heterocycles. The van der Waals surface area contributed by atoms with Crippen molar-refractivity contribution in [2.75, 3.05) is 12.3 Å². The number of hydrogen-bond donors (Lipinski definition) is 2. The number of aryl methyl sites for hydroxylation is 2. The van der Waals surface area contributed by atoms with Crippen LogP contribution in [0.15, 0.2) is 9.95 Å². The first-order valence-corrected chi connectivity index (χ1v) is 11.2. The Hall–Kier alpha value is -1.87. The van der Waals surface area contributed by atoms with E-state index in [9.17, 15) is 14.4 Å². The molecule has 0 saturated heterocycles. The summed E-state index contributed by atoms with van der Waals surface area (Å²) in [4.78, 5) is 43.6. The molecular formula is C19H28N4O3S2. The van der Waals surface area contributed by atoms with Gasteiger partial charge in [-0.15, -0.1) is 11.3 Å². The molecule has 0 radical (unpaired) electrons. The monoisotopic (exact) mass is 424 g/mol. The van der Waals surface area contributed by atoms with Crippen molar-refractivity contribution in [3.63, 3.8) is 0 Å². The molecule has 0 saturated carbocycles. The molecule has 0 bridgehead atoms. The summed E-state index contributed by atoms with van der Waals surface area (Å²) < 4.78 is 1.64. The van der Waals surface area contributed by atoms with Gasteiger partial charge in [-0.1, -0.05) is 18.7 Å². The van der Waals surface area contributed by atoms with Crippen molar-refractivity contribution >= 4 is 45.1 Å². The van der Waals surface area contributed by atoms with Crippen LogP contribution in [-0.2, 0) is 9.59 Å². The van der Waals surface area contributed by atoms with E-state index in [2.05, 4.69) is 15.6 Å². The number of amides is 2. The molecule has 2 amide bonds. The van der Waals surface area contributed by atoms with Crippen LogP contribution in [0.5, 0.6) is 0 Å². The third kappa shape index (κ3) is 4.94. The van der Waals surface area contributed by atoms with Gasteiger partial charge in [0.1, 0.15) is 10.9 Å². The molecule has 2 N–H and O–H groups in total. The van der Waals surface area contributed by atoms with Gasteiger partial charge in [0.05, 0.1) is 11.1 Å². The van der Waals surface area contributed by atoms with Crippen molar-refractivity contribution in [1.29, 1.82) is 0 Å². The van der Waals surface area contributed by atoms with Crippen LogP contribution >= 0.6 is 23.1 Å². The lowest BCUT2D eigenvalue weighted by Gasteiger charge is -2.16. The summed E-state index contributed by atoms with van der Waals surface area (Å²) in [7, 11) is 0. The number of thiophene rings is 1. The van der Waals surface area contributed by atoms with Crippen LogP contribution in [0.2, 0.25) is 0 Å². The van der Waals surface area contributed by atoms with E-state index in [0.717, 1.165) is 16.9 Å². The van der Waals surface area contributed by atoms with Crippen molar-refractivity contribution in [3.05, 3.63) is 20.8 Å². The van der Waals surface area contributed by atoms with E-state index in [-0.39, 0.29) is 29.2 Å². The highest BCUT2D eigenvalue weighted by atomic mass is 32.2. The minimum Gasteiger partial charge on any atom is -0.354 e. The number of nitrogens with zero attached hydrogens (tertiary/aromatic N) is 2. The molecule has 2 rings (SSSR count). The molecule has 28 heavy (non-hydrogen) atoms. The molecule has 0 spiro atoms. The summed E-state index contributed by atoms with van der Waals surface area (Å²) in [6, 6.07) is -0.682. The number of carbonyl (C=O) groups is 2. The van der Waals surface area contributed by atoms with Crippen molar-refractivity contribution in [2.45, 2.75) is 65.2 Å². The number of thioether (sulfide) groups is 1. The predicted octanol–water partition coefficient (Wildman–Crippen LogP) is 2.78. The summed E-state index contributed by atoms with van der Waals surface area (Å²) >= 11 is 2.71. The highest BCUT2D eigenvalue weighted by Crippen LogP contribution is 2.29. The number of aromatic nitrogens is 2. The smallest absolute Gasteiger partial charge is 0.263 e. The largest absolute Gasteiger partial charge is 0.354 e. The van der Waals surface area contributed by atoms with Gasteiger partial charge in [-0.2, -0.15) is 0 Å². The van der Waals surface area contributed by atoms with E-state index in [1.165, 1.54) is 23.1 Å². The third-order valence-corrected chi connectivity index (χ3v) is 6.43. The molecule has 1 atom stereocenters. The lowest BCUT2D eigenvalue weighted by atomic mass is 10.2. The lowest BCUT2D eigenvalue weighted by Crippen LogP contribution is -2.45. The Balaban J connectivity index is 2.17. The SMILES string of the molecule is CCCNC(=O)[C@@H](C)NC(=O)CSc1nc2sc(C)c(C)c2c(=O)n1C(C)C. The molecule has 7 nitrogen and oxygen atoms in total. The molecule has 0 aliphatic carbocycles. The molecule has 0 aliphatic heterocycles. The molecule has 2 aromatic rings. The second-order valence-electron chi connectivity index (χ2n) is 7.00.